The van der Waals surface area contributed by atoms with E-state index in [4.69, 9.17) is 5.11 Å². The molecule has 0 unspecified atom stereocenters. The van der Waals surface area contributed by atoms with E-state index in [0.29, 0.717) is 0 Å². The molecule has 2 aromatic rings. The first-order valence-corrected chi connectivity index (χ1v) is 4.12. The third kappa shape index (κ3) is 1.31. The molecule has 70 valence electrons. The third-order valence-corrected chi connectivity index (χ3v) is 2.02. The van der Waals surface area contributed by atoms with Gasteiger partial charge < -0.3 is 5.11 Å². The number of carbonyl (C=O) groups is 1. The Morgan fingerprint density at radius 1 is 1.36 bits per heavy atom. The van der Waals surface area contributed by atoms with Crippen LogP contribution in [0.1, 0.15) is 15.9 Å². The molecule has 0 bridgehead atoms. The van der Waals surface area contributed by atoms with Crippen LogP contribution in [0.2, 0.25) is 0 Å². The van der Waals surface area contributed by atoms with Gasteiger partial charge in [0.1, 0.15) is 0 Å². The zero-order valence-corrected chi connectivity index (χ0v) is 7.56. The number of hydrogen-bond donors (Lipinski definition) is 1. The predicted octanol–water partition coefficient (Wildman–Crippen LogP) is 1.64. The first-order valence-electron chi connectivity index (χ1n) is 4.12. The fourth-order valence-corrected chi connectivity index (χ4v) is 1.32. The molecule has 0 aliphatic heterocycles. The highest BCUT2D eigenvalue weighted by Gasteiger charge is 2.05. The Bertz CT molecular complexity index is 508. The highest BCUT2D eigenvalue weighted by atomic mass is 16.4. The number of fused-ring (bicyclic) bond motifs is 1. The van der Waals surface area contributed by atoms with Crippen LogP contribution in [-0.2, 0) is 0 Å². The molecule has 0 atom stereocenters. The Balaban J connectivity index is 2.73. The van der Waals surface area contributed by atoms with Crippen molar-refractivity contribution in [2.24, 2.45) is 0 Å². The number of rotatable bonds is 1. The normalized spacial score (nSPS) is 10.4. The number of carboxylic acids is 1. The zero-order chi connectivity index (χ0) is 10.1. The molecule has 0 aliphatic rings. The van der Waals surface area contributed by atoms with E-state index in [2.05, 4.69) is 9.97 Å². The largest absolute Gasteiger partial charge is 0.478 e. The third-order valence-electron chi connectivity index (χ3n) is 2.02. The Hall–Kier alpha value is -1.97. The average Bonchev–Trinajstić information content (AvgIpc) is 2.17. The minimum Gasteiger partial charge on any atom is -0.478 e. The molecule has 4 nitrogen and oxygen atoms in total. The van der Waals surface area contributed by atoms with E-state index in [1.807, 2.05) is 6.92 Å². The van der Waals surface area contributed by atoms with Gasteiger partial charge in [-0.1, -0.05) is 0 Å². The highest BCUT2D eigenvalue weighted by molar-refractivity contribution is 5.92. The molecule has 14 heavy (non-hydrogen) atoms. The molecule has 0 aromatic carbocycles. The van der Waals surface area contributed by atoms with Crippen molar-refractivity contribution in [3.05, 3.63) is 35.8 Å². The average molecular weight is 188 g/mol. The Morgan fingerprint density at radius 2 is 2.14 bits per heavy atom. The van der Waals surface area contributed by atoms with Gasteiger partial charge in [-0.15, -0.1) is 0 Å². The van der Waals surface area contributed by atoms with Crippen molar-refractivity contribution >= 4 is 16.9 Å². The minimum atomic E-state index is -0.971. The lowest BCUT2D eigenvalue weighted by Crippen LogP contribution is -1.97. The fourth-order valence-electron chi connectivity index (χ4n) is 1.32. The molecule has 0 saturated heterocycles. The summed E-state index contributed by atoms with van der Waals surface area (Å²) in [7, 11) is 0. The summed E-state index contributed by atoms with van der Waals surface area (Å²) in [6.45, 7) is 1.89. The summed E-state index contributed by atoms with van der Waals surface area (Å²) in [5.41, 5.74) is 1.93. The second-order valence-corrected chi connectivity index (χ2v) is 3.06. The summed E-state index contributed by atoms with van der Waals surface area (Å²) in [6.07, 6.45) is 4.68. The number of carboxylic acid groups (broad SMARTS) is 1. The van der Waals surface area contributed by atoms with Crippen molar-refractivity contribution < 1.29 is 9.90 Å². The van der Waals surface area contributed by atoms with Crippen LogP contribution in [0.25, 0.3) is 10.9 Å². The molecule has 1 N–H and O–H groups in total. The smallest absolute Gasteiger partial charge is 0.337 e. The predicted molar refractivity (Wildman–Crippen MR) is 51.2 cm³/mol. The van der Waals surface area contributed by atoms with Gasteiger partial charge in [-0.2, -0.15) is 0 Å². The second-order valence-electron chi connectivity index (χ2n) is 3.06. The molecule has 0 spiro atoms. The summed E-state index contributed by atoms with van der Waals surface area (Å²) in [5.74, 6) is -0.971. The van der Waals surface area contributed by atoms with Crippen molar-refractivity contribution in [1.82, 2.24) is 9.97 Å². The molecule has 0 amide bonds. The lowest BCUT2D eigenvalue weighted by atomic mass is 10.1. The van der Waals surface area contributed by atoms with Crippen LogP contribution < -0.4 is 0 Å². The van der Waals surface area contributed by atoms with Gasteiger partial charge in [0, 0.05) is 24.0 Å². The summed E-state index contributed by atoms with van der Waals surface area (Å²) in [5, 5.41) is 9.51. The summed E-state index contributed by atoms with van der Waals surface area (Å²) >= 11 is 0. The van der Waals surface area contributed by atoms with Crippen LogP contribution in [0.3, 0.4) is 0 Å². The van der Waals surface area contributed by atoms with E-state index < -0.39 is 5.97 Å². The number of hydrogen-bond acceptors (Lipinski definition) is 3. The molecule has 0 fully saturated rings. The maximum Gasteiger partial charge on any atom is 0.337 e. The van der Waals surface area contributed by atoms with Crippen LogP contribution in [0, 0.1) is 6.92 Å². The maximum atomic E-state index is 10.7. The summed E-state index contributed by atoms with van der Waals surface area (Å²) in [6, 6.07) is 1.57. The van der Waals surface area contributed by atoms with E-state index in [-0.39, 0.29) is 5.56 Å². The van der Waals surface area contributed by atoms with Crippen LogP contribution >= 0.6 is 0 Å². The maximum absolute atomic E-state index is 10.7. The molecule has 0 aliphatic carbocycles. The van der Waals surface area contributed by atoms with Gasteiger partial charge in [-0.05, 0) is 18.6 Å². The van der Waals surface area contributed by atoms with Crippen molar-refractivity contribution in [3.8, 4) is 0 Å². The lowest BCUT2D eigenvalue weighted by Gasteiger charge is -2.00. The minimum absolute atomic E-state index is 0.185. The fraction of sp³-hybridized carbons (Fsp3) is 0.100. The number of pyridine rings is 2. The quantitative estimate of drug-likeness (QED) is 0.738. The van der Waals surface area contributed by atoms with E-state index in [9.17, 15) is 4.79 Å². The lowest BCUT2D eigenvalue weighted by molar-refractivity contribution is 0.0696. The summed E-state index contributed by atoms with van der Waals surface area (Å²) < 4.78 is 0. The van der Waals surface area contributed by atoms with Gasteiger partial charge >= 0.3 is 5.97 Å². The molecular formula is C10H8N2O2. The Labute approximate surface area is 80.2 Å². The van der Waals surface area contributed by atoms with Gasteiger partial charge in [0.25, 0.3) is 0 Å². The zero-order valence-electron chi connectivity index (χ0n) is 7.56. The van der Waals surface area contributed by atoms with Gasteiger partial charge in [-0.3, -0.25) is 9.97 Å². The monoisotopic (exact) mass is 188 g/mol. The standard InChI is InChI=1S/C10H8N2O2/c1-6-3-11-4-7-2-8(10(13)14)5-12-9(6)7/h2-5H,1H3,(H,13,14). The van der Waals surface area contributed by atoms with E-state index in [1.165, 1.54) is 6.20 Å². The van der Waals surface area contributed by atoms with Crippen LogP contribution in [-0.4, -0.2) is 21.0 Å². The van der Waals surface area contributed by atoms with Crippen LogP contribution in [0.5, 0.6) is 0 Å². The number of aromatic carboxylic acids is 1. The van der Waals surface area contributed by atoms with Gasteiger partial charge in [0.2, 0.25) is 0 Å². The van der Waals surface area contributed by atoms with Crippen molar-refractivity contribution in [2.45, 2.75) is 6.92 Å². The van der Waals surface area contributed by atoms with Crippen molar-refractivity contribution in [2.75, 3.05) is 0 Å². The Morgan fingerprint density at radius 3 is 2.86 bits per heavy atom. The van der Waals surface area contributed by atoms with Gasteiger partial charge in [0.05, 0.1) is 11.1 Å². The summed E-state index contributed by atoms with van der Waals surface area (Å²) in [4.78, 5) is 18.7. The van der Waals surface area contributed by atoms with Gasteiger partial charge in [-0.25, -0.2) is 4.79 Å². The number of nitrogens with zero attached hydrogens (tertiary/aromatic N) is 2. The highest BCUT2D eigenvalue weighted by Crippen LogP contribution is 2.15. The van der Waals surface area contributed by atoms with Crippen LogP contribution in [0.4, 0.5) is 0 Å². The number of aryl methyl sites for hydroxylation is 1. The van der Waals surface area contributed by atoms with E-state index >= 15 is 0 Å². The molecule has 2 aromatic heterocycles. The second kappa shape index (κ2) is 3.06. The topological polar surface area (TPSA) is 63.1 Å². The number of aromatic nitrogens is 2. The van der Waals surface area contributed by atoms with Gasteiger partial charge in [0.15, 0.2) is 0 Å². The molecule has 2 heterocycles. The van der Waals surface area contributed by atoms with Crippen LogP contribution in [0.15, 0.2) is 24.7 Å². The first kappa shape index (κ1) is 8.62. The molecular weight excluding hydrogens is 180 g/mol. The van der Waals surface area contributed by atoms with Crippen molar-refractivity contribution in [1.29, 1.82) is 0 Å². The molecule has 0 saturated carbocycles. The SMILES string of the molecule is Cc1cncc2cc(C(=O)O)cnc12. The Kier molecular flexibility index (Phi) is 1.89. The van der Waals surface area contributed by atoms with Crippen molar-refractivity contribution in [3.63, 3.8) is 0 Å². The first-order chi connectivity index (χ1) is 6.68. The van der Waals surface area contributed by atoms with E-state index in [0.717, 1.165) is 16.5 Å². The molecule has 4 heteroatoms. The van der Waals surface area contributed by atoms with E-state index in [1.54, 1.807) is 18.5 Å². The molecule has 0 radical (unpaired) electrons. The molecule has 2 rings (SSSR count).